The molecule has 122 valence electrons. The van der Waals surface area contributed by atoms with Crippen LogP contribution in [0.3, 0.4) is 0 Å². The summed E-state index contributed by atoms with van der Waals surface area (Å²) < 4.78 is 6.56. The molecule has 0 fully saturated rings. The average Bonchev–Trinajstić information content (AvgIpc) is 2.83. The highest BCUT2D eigenvalue weighted by molar-refractivity contribution is 5.66. The highest BCUT2D eigenvalue weighted by Crippen LogP contribution is 2.09. The standard InChI is InChI=1S/C16H27N4O2/c1-5-6-7-8-9-10-11-20-12-17(2)14-13(20)15(21)19(4)16(22)18(14)3/h12H,5-11H2,1-4H3/q+1. The van der Waals surface area contributed by atoms with Gasteiger partial charge in [0.15, 0.2) is 6.33 Å². The van der Waals surface area contributed by atoms with Crippen LogP contribution in [-0.4, -0.2) is 13.7 Å². The zero-order valence-corrected chi connectivity index (χ0v) is 14.1. The van der Waals surface area contributed by atoms with Crippen molar-refractivity contribution in [3.63, 3.8) is 0 Å². The van der Waals surface area contributed by atoms with Gasteiger partial charge in [-0.1, -0.05) is 39.0 Å². The van der Waals surface area contributed by atoms with Crippen LogP contribution in [0.5, 0.6) is 0 Å². The van der Waals surface area contributed by atoms with E-state index in [-0.39, 0.29) is 11.2 Å². The van der Waals surface area contributed by atoms with E-state index in [1.165, 1.54) is 48.3 Å². The Balaban J connectivity index is 2.25. The number of hydrogen-bond acceptors (Lipinski definition) is 2. The fraction of sp³-hybridized carbons (Fsp3) is 0.688. The molecular formula is C16H27N4O2+. The SMILES string of the molecule is CCCCCCCCn1c[n+](C)c2c1c(=O)n(C)c(=O)n2C. The molecule has 2 rings (SSSR count). The van der Waals surface area contributed by atoms with Gasteiger partial charge in [0.1, 0.15) is 0 Å². The van der Waals surface area contributed by atoms with Gasteiger partial charge in [-0.3, -0.25) is 9.36 Å². The predicted molar refractivity (Wildman–Crippen MR) is 87.0 cm³/mol. The first-order chi connectivity index (χ1) is 10.5. The molecule has 0 saturated carbocycles. The fourth-order valence-corrected chi connectivity index (χ4v) is 3.02. The Kier molecular flexibility index (Phi) is 5.21. The normalized spacial score (nSPS) is 11.5. The van der Waals surface area contributed by atoms with Crippen molar-refractivity contribution in [1.29, 1.82) is 0 Å². The summed E-state index contributed by atoms with van der Waals surface area (Å²) in [7, 11) is 5.12. The maximum atomic E-state index is 12.4. The lowest BCUT2D eigenvalue weighted by atomic mass is 10.1. The van der Waals surface area contributed by atoms with E-state index in [4.69, 9.17) is 0 Å². The van der Waals surface area contributed by atoms with E-state index in [2.05, 4.69) is 6.92 Å². The Morgan fingerprint density at radius 3 is 2.32 bits per heavy atom. The molecule has 0 aliphatic carbocycles. The van der Waals surface area contributed by atoms with Crippen molar-refractivity contribution < 1.29 is 4.57 Å². The number of unbranched alkanes of at least 4 members (excludes halogenated alkanes) is 5. The minimum Gasteiger partial charge on any atom is -0.265 e. The molecule has 0 aliphatic rings. The maximum absolute atomic E-state index is 12.4. The molecule has 0 amide bonds. The smallest absolute Gasteiger partial charge is 0.265 e. The summed E-state index contributed by atoms with van der Waals surface area (Å²) in [6.45, 7) is 3.03. The number of aryl methyl sites for hydroxylation is 3. The van der Waals surface area contributed by atoms with Crippen LogP contribution >= 0.6 is 0 Å². The molecule has 2 heterocycles. The third kappa shape index (κ3) is 3.00. The summed E-state index contributed by atoms with van der Waals surface area (Å²) in [6, 6.07) is 0. The lowest BCUT2D eigenvalue weighted by Crippen LogP contribution is -2.41. The highest BCUT2D eigenvalue weighted by atomic mass is 16.2. The molecule has 0 aliphatic heterocycles. The number of rotatable bonds is 7. The van der Waals surface area contributed by atoms with Crippen molar-refractivity contribution in [2.24, 2.45) is 21.1 Å². The first-order valence-electron chi connectivity index (χ1n) is 8.13. The zero-order valence-electron chi connectivity index (χ0n) is 14.1. The molecule has 0 radical (unpaired) electrons. The molecule has 6 nitrogen and oxygen atoms in total. The van der Waals surface area contributed by atoms with Crippen molar-refractivity contribution in [2.75, 3.05) is 0 Å². The Morgan fingerprint density at radius 2 is 1.64 bits per heavy atom. The Morgan fingerprint density at radius 1 is 1.00 bits per heavy atom. The quantitative estimate of drug-likeness (QED) is 0.570. The molecule has 2 aromatic heterocycles. The minimum absolute atomic E-state index is 0.218. The molecule has 0 spiro atoms. The summed E-state index contributed by atoms with van der Waals surface area (Å²) in [5.41, 5.74) is 0.787. The van der Waals surface area contributed by atoms with Gasteiger partial charge in [0.25, 0.3) is 5.65 Å². The molecule has 0 saturated heterocycles. The van der Waals surface area contributed by atoms with Gasteiger partial charge in [0.2, 0.25) is 5.52 Å². The van der Waals surface area contributed by atoms with E-state index >= 15 is 0 Å². The molecule has 6 heteroatoms. The summed E-state index contributed by atoms with van der Waals surface area (Å²) in [5, 5.41) is 0. The van der Waals surface area contributed by atoms with Crippen molar-refractivity contribution in [3.8, 4) is 0 Å². The second kappa shape index (κ2) is 6.94. The van der Waals surface area contributed by atoms with Crippen LogP contribution in [0.15, 0.2) is 15.9 Å². The largest absolute Gasteiger partial charge is 0.388 e. The van der Waals surface area contributed by atoms with Crippen LogP contribution in [0.2, 0.25) is 0 Å². The van der Waals surface area contributed by atoms with Crippen molar-refractivity contribution in [2.45, 2.75) is 52.0 Å². The summed E-state index contributed by atoms with van der Waals surface area (Å²) in [5.74, 6) is 0. The number of fused-ring (bicyclic) bond motifs is 1. The summed E-state index contributed by atoms with van der Waals surface area (Å²) in [4.78, 5) is 24.5. The van der Waals surface area contributed by atoms with Crippen LogP contribution in [0.4, 0.5) is 0 Å². The van der Waals surface area contributed by atoms with E-state index in [0.717, 1.165) is 13.0 Å². The van der Waals surface area contributed by atoms with Crippen molar-refractivity contribution >= 4 is 11.2 Å². The van der Waals surface area contributed by atoms with Gasteiger partial charge in [-0.2, -0.15) is 0 Å². The van der Waals surface area contributed by atoms with Gasteiger partial charge in [0.05, 0.1) is 20.6 Å². The zero-order chi connectivity index (χ0) is 16.3. The van der Waals surface area contributed by atoms with Crippen molar-refractivity contribution in [1.82, 2.24) is 13.7 Å². The first kappa shape index (κ1) is 16.5. The molecule has 0 N–H and O–H groups in total. The van der Waals surface area contributed by atoms with E-state index < -0.39 is 0 Å². The van der Waals surface area contributed by atoms with Gasteiger partial charge in [-0.15, -0.1) is 0 Å². The van der Waals surface area contributed by atoms with Crippen LogP contribution < -0.4 is 15.8 Å². The van der Waals surface area contributed by atoms with E-state index in [0.29, 0.717) is 11.2 Å². The van der Waals surface area contributed by atoms with Crippen LogP contribution in [-0.2, 0) is 27.7 Å². The molecule has 2 aromatic rings. The third-order valence-corrected chi connectivity index (χ3v) is 4.30. The predicted octanol–water partition coefficient (Wildman–Crippen LogP) is 1.22. The molecule has 0 aromatic carbocycles. The molecule has 0 unspecified atom stereocenters. The monoisotopic (exact) mass is 307 g/mol. The number of aromatic nitrogens is 4. The Hall–Kier alpha value is -1.85. The minimum atomic E-state index is -0.287. The first-order valence-corrected chi connectivity index (χ1v) is 8.13. The second-order valence-corrected chi connectivity index (χ2v) is 6.07. The average molecular weight is 307 g/mol. The third-order valence-electron chi connectivity index (χ3n) is 4.30. The Bertz CT molecular complexity index is 767. The lowest BCUT2D eigenvalue weighted by Gasteiger charge is -2.02. The highest BCUT2D eigenvalue weighted by Gasteiger charge is 2.22. The van der Waals surface area contributed by atoms with Gasteiger partial charge in [0, 0.05) is 7.05 Å². The summed E-state index contributed by atoms with van der Waals surface area (Å²) in [6.07, 6.45) is 9.22. The van der Waals surface area contributed by atoms with Gasteiger partial charge < -0.3 is 0 Å². The topological polar surface area (TPSA) is 52.8 Å². The van der Waals surface area contributed by atoms with Gasteiger partial charge in [-0.05, 0) is 6.42 Å². The van der Waals surface area contributed by atoms with Crippen LogP contribution in [0.1, 0.15) is 45.4 Å². The maximum Gasteiger partial charge on any atom is 0.388 e. The number of imidazole rings is 1. The second-order valence-electron chi connectivity index (χ2n) is 6.07. The van der Waals surface area contributed by atoms with E-state index in [1.54, 1.807) is 7.05 Å². The lowest BCUT2D eigenvalue weighted by molar-refractivity contribution is -0.648. The van der Waals surface area contributed by atoms with Crippen molar-refractivity contribution in [3.05, 3.63) is 27.2 Å². The van der Waals surface area contributed by atoms with Gasteiger partial charge >= 0.3 is 11.2 Å². The Labute approximate surface area is 130 Å². The number of nitrogens with zero attached hydrogens (tertiary/aromatic N) is 4. The van der Waals surface area contributed by atoms with E-state index in [1.807, 2.05) is 22.5 Å². The van der Waals surface area contributed by atoms with E-state index in [9.17, 15) is 9.59 Å². The van der Waals surface area contributed by atoms with Gasteiger partial charge in [-0.25, -0.2) is 18.5 Å². The fourth-order valence-electron chi connectivity index (χ4n) is 3.02. The summed E-state index contributed by atoms with van der Waals surface area (Å²) >= 11 is 0. The molecule has 0 atom stereocenters. The number of hydrogen-bond donors (Lipinski definition) is 0. The van der Waals surface area contributed by atoms with Crippen LogP contribution in [0.25, 0.3) is 11.2 Å². The molecular weight excluding hydrogens is 280 g/mol. The molecule has 22 heavy (non-hydrogen) atoms. The molecule has 0 bridgehead atoms. The van der Waals surface area contributed by atoms with Crippen LogP contribution in [0, 0.1) is 0 Å².